The van der Waals surface area contributed by atoms with Crippen LogP contribution in [0.5, 0.6) is 0 Å². The van der Waals surface area contributed by atoms with Crippen LogP contribution in [0.3, 0.4) is 0 Å². The molecule has 33 heavy (non-hydrogen) atoms. The lowest BCUT2D eigenvalue weighted by Gasteiger charge is -2.13. The smallest absolute Gasteiger partial charge is 0.338 e. The second kappa shape index (κ2) is 11.3. The molecule has 0 saturated heterocycles. The first kappa shape index (κ1) is 24.0. The van der Waals surface area contributed by atoms with Crippen LogP contribution in [-0.2, 0) is 9.53 Å². The van der Waals surface area contributed by atoms with Crippen LogP contribution in [0.2, 0.25) is 0 Å². The maximum Gasteiger partial charge on any atom is 0.338 e. The van der Waals surface area contributed by atoms with Crippen molar-refractivity contribution in [3.63, 3.8) is 0 Å². The molecule has 3 aromatic rings. The van der Waals surface area contributed by atoms with Gasteiger partial charge in [-0.1, -0.05) is 0 Å². The minimum absolute atomic E-state index is 0.183. The van der Waals surface area contributed by atoms with Crippen molar-refractivity contribution < 1.29 is 23.5 Å². The summed E-state index contributed by atoms with van der Waals surface area (Å²) in [5.74, 6) is -1.33. The molecule has 0 aliphatic rings. The van der Waals surface area contributed by atoms with Gasteiger partial charge in [0.25, 0.3) is 5.91 Å². The molecule has 0 heterocycles. The summed E-state index contributed by atoms with van der Waals surface area (Å²) >= 11 is 1.37. The molecule has 0 aliphatic heterocycles. The van der Waals surface area contributed by atoms with E-state index in [1.165, 1.54) is 36.0 Å². The van der Waals surface area contributed by atoms with Gasteiger partial charge in [0.2, 0.25) is 5.91 Å². The molecule has 1 unspecified atom stereocenters. The van der Waals surface area contributed by atoms with Crippen molar-refractivity contribution in [2.75, 3.05) is 17.2 Å². The van der Waals surface area contributed by atoms with Gasteiger partial charge >= 0.3 is 5.97 Å². The van der Waals surface area contributed by atoms with E-state index in [4.69, 9.17) is 4.74 Å². The van der Waals surface area contributed by atoms with Crippen LogP contribution in [0.4, 0.5) is 15.8 Å². The van der Waals surface area contributed by atoms with Crippen molar-refractivity contribution in [3.8, 4) is 0 Å². The summed E-state index contributed by atoms with van der Waals surface area (Å²) in [6, 6.07) is 18.9. The van der Waals surface area contributed by atoms with E-state index >= 15 is 0 Å². The van der Waals surface area contributed by atoms with Gasteiger partial charge in [0.1, 0.15) is 5.82 Å². The Labute approximate surface area is 195 Å². The first-order chi connectivity index (χ1) is 15.9. The third kappa shape index (κ3) is 6.92. The summed E-state index contributed by atoms with van der Waals surface area (Å²) in [6.45, 7) is 3.83. The SMILES string of the molecule is CCOC(=O)c1ccc(NC(=O)C(C)Sc2ccc(NC(=O)c3ccc(F)cc3)cc2)cc1. The van der Waals surface area contributed by atoms with E-state index in [-0.39, 0.29) is 17.1 Å². The molecule has 0 radical (unpaired) electrons. The zero-order valence-electron chi connectivity index (χ0n) is 18.1. The largest absolute Gasteiger partial charge is 0.462 e. The number of esters is 1. The van der Waals surface area contributed by atoms with Crippen LogP contribution in [0.25, 0.3) is 0 Å². The van der Waals surface area contributed by atoms with E-state index in [0.29, 0.717) is 29.1 Å². The van der Waals surface area contributed by atoms with Crippen molar-refractivity contribution in [2.24, 2.45) is 0 Å². The number of halogens is 1. The predicted molar refractivity (Wildman–Crippen MR) is 127 cm³/mol. The quantitative estimate of drug-likeness (QED) is 0.344. The zero-order valence-corrected chi connectivity index (χ0v) is 18.9. The number of nitrogens with one attached hydrogen (secondary N) is 2. The van der Waals surface area contributed by atoms with Crippen LogP contribution < -0.4 is 10.6 Å². The third-order valence-electron chi connectivity index (χ3n) is 4.56. The monoisotopic (exact) mass is 466 g/mol. The minimum atomic E-state index is -0.406. The molecule has 3 aromatic carbocycles. The number of thioether (sulfide) groups is 1. The molecule has 0 saturated carbocycles. The fourth-order valence-corrected chi connectivity index (χ4v) is 3.69. The van der Waals surface area contributed by atoms with Gasteiger partial charge < -0.3 is 15.4 Å². The lowest BCUT2D eigenvalue weighted by molar-refractivity contribution is -0.115. The predicted octanol–water partition coefficient (Wildman–Crippen LogP) is 5.37. The highest BCUT2D eigenvalue weighted by atomic mass is 32.2. The normalized spacial score (nSPS) is 11.4. The number of amides is 2. The second-order valence-electron chi connectivity index (χ2n) is 7.03. The maximum absolute atomic E-state index is 13.0. The summed E-state index contributed by atoms with van der Waals surface area (Å²) in [5.41, 5.74) is 1.95. The van der Waals surface area contributed by atoms with E-state index in [1.807, 2.05) is 12.1 Å². The summed E-state index contributed by atoms with van der Waals surface area (Å²) in [6.07, 6.45) is 0. The number of anilines is 2. The van der Waals surface area contributed by atoms with Gasteiger partial charge in [0, 0.05) is 21.8 Å². The number of ether oxygens (including phenoxy) is 1. The Bertz CT molecular complexity index is 1120. The van der Waals surface area contributed by atoms with E-state index in [2.05, 4.69) is 10.6 Å². The Balaban J connectivity index is 1.52. The van der Waals surface area contributed by atoms with Crippen molar-refractivity contribution in [1.82, 2.24) is 0 Å². The molecule has 6 nitrogen and oxygen atoms in total. The molecule has 8 heteroatoms. The highest BCUT2D eigenvalue weighted by molar-refractivity contribution is 8.00. The number of rotatable bonds is 8. The molecule has 0 bridgehead atoms. The average molecular weight is 467 g/mol. The maximum atomic E-state index is 13.0. The molecule has 1 atom stereocenters. The highest BCUT2D eigenvalue weighted by Crippen LogP contribution is 2.26. The standard InChI is InChI=1S/C25H23FN2O4S/c1-3-32-25(31)18-6-10-20(11-7-18)27-23(29)16(2)33-22-14-12-21(13-15-22)28-24(30)17-4-8-19(26)9-5-17/h4-16H,3H2,1-2H3,(H,27,29)(H,28,30). The Kier molecular flexibility index (Phi) is 8.21. The van der Waals surface area contributed by atoms with Crippen molar-refractivity contribution in [3.05, 3.63) is 89.7 Å². The Hall–Kier alpha value is -3.65. The van der Waals surface area contributed by atoms with Crippen molar-refractivity contribution in [1.29, 1.82) is 0 Å². The first-order valence-electron chi connectivity index (χ1n) is 10.3. The Morgan fingerprint density at radius 1 is 0.848 bits per heavy atom. The third-order valence-corrected chi connectivity index (χ3v) is 5.68. The lowest BCUT2D eigenvalue weighted by atomic mass is 10.2. The molecular formula is C25H23FN2O4S. The highest BCUT2D eigenvalue weighted by Gasteiger charge is 2.15. The van der Waals surface area contributed by atoms with Crippen LogP contribution in [0.15, 0.2) is 77.7 Å². The fraction of sp³-hybridized carbons (Fsp3) is 0.160. The van der Waals surface area contributed by atoms with Crippen LogP contribution in [-0.4, -0.2) is 29.6 Å². The lowest BCUT2D eigenvalue weighted by Crippen LogP contribution is -2.22. The summed E-state index contributed by atoms with van der Waals surface area (Å²) in [4.78, 5) is 37.3. The van der Waals surface area contributed by atoms with Crippen LogP contribution >= 0.6 is 11.8 Å². The molecular weight excluding hydrogens is 443 g/mol. The van der Waals surface area contributed by atoms with Crippen LogP contribution in [0.1, 0.15) is 34.6 Å². The van der Waals surface area contributed by atoms with Gasteiger partial charge in [-0.05, 0) is 86.6 Å². The minimum Gasteiger partial charge on any atom is -0.462 e. The zero-order chi connectivity index (χ0) is 23.8. The van der Waals surface area contributed by atoms with Gasteiger partial charge in [0.05, 0.1) is 17.4 Å². The van der Waals surface area contributed by atoms with E-state index in [9.17, 15) is 18.8 Å². The fourth-order valence-electron chi connectivity index (χ4n) is 2.83. The summed E-state index contributed by atoms with van der Waals surface area (Å²) in [7, 11) is 0. The topological polar surface area (TPSA) is 84.5 Å². The number of carbonyl (C=O) groups excluding carboxylic acids is 3. The van der Waals surface area contributed by atoms with E-state index in [0.717, 1.165) is 4.90 Å². The van der Waals surface area contributed by atoms with Crippen molar-refractivity contribution in [2.45, 2.75) is 24.0 Å². The van der Waals surface area contributed by atoms with Gasteiger partial charge in [-0.25, -0.2) is 9.18 Å². The molecule has 0 aliphatic carbocycles. The molecule has 170 valence electrons. The number of hydrogen-bond acceptors (Lipinski definition) is 5. The van der Waals surface area contributed by atoms with Gasteiger partial charge in [-0.2, -0.15) is 0 Å². The number of carbonyl (C=O) groups is 3. The van der Waals surface area contributed by atoms with Gasteiger partial charge in [-0.15, -0.1) is 11.8 Å². The molecule has 3 rings (SSSR count). The Morgan fingerprint density at radius 3 is 2.00 bits per heavy atom. The second-order valence-corrected chi connectivity index (χ2v) is 8.45. The molecule has 0 aromatic heterocycles. The van der Waals surface area contributed by atoms with Gasteiger partial charge in [-0.3, -0.25) is 9.59 Å². The number of hydrogen-bond donors (Lipinski definition) is 2. The molecule has 0 spiro atoms. The van der Waals surface area contributed by atoms with E-state index < -0.39 is 11.8 Å². The Morgan fingerprint density at radius 2 is 1.39 bits per heavy atom. The summed E-state index contributed by atoms with van der Waals surface area (Å²) < 4.78 is 17.9. The van der Waals surface area contributed by atoms with Gasteiger partial charge in [0.15, 0.2) is 0 Å². The van der Waals surface area contributed by atoms with Crippen molar-refractivity contribution >= 4 is 40.9 Å². The molecule has 2 amide bonds. The first-order valence-corrected chi connectivity index (χ1v) is 11.2. The molecule has 2 N–H and O–H groups in total. The molecule has 0 fully saturated rings. The summed E-state index contributed by atoms with van der Waals surface area (Å²) in [5, 5.41) is 5.20. The van der Waals surface area contributed by atoms with Crippen LogP contribution in [0, 0.1) is 5.82 Å². The average Bonchev–Trinajstić information content (AvgIpc) is 2.81. The number of benzene rings is 3. The van der Waals surface area contributed by atoms with E-state index in [1.54, 1.807) is 50.2 Å².